The summed E-state index contributed by atoms with van der Waals surface area (Å²) in [6.45, 7) is 3.88. The summed E-state index contributed by atoms with van der Waals surface area (Å²) in [5, 5.41) is -0.148. The highest BCUT2D eigenvalue weighted by molar-refractivity contribution is 7.89. The van der Waals surface area contributed by atoms with Crippen LogP contribution in [-0.4, -0.2) is 20.5 Å². The Morgan fingerprint density at radius 3 is 2.37 bits per heavy atom. The van der Waals surface area contributed by atoms with Crippen LogP contribution in [0.5, 0.6) is 0 Å². The second-order valence-electron chi connectivity index (χ2n) is 4.37. The summed E-state index contributed by atoms with van der Waals surface area (Å²) in [6.07, 6.45) is 1.11. The van der Waals surface area contributed by atoms with Crippen molar-refractivity contribution in [1.29, 1.82) is 0 Å². The minimum absolute atomic E-state index is 0.143. The lowest BCUT2D eigenvalue weighted by Crippen LogP contribution is -2.52. The van der Waals surface area contributed by atoms with Gasteiger partial charge in [0, 0.05) is 12.1 Å². The Morgan fingerprint density at radius 1 is 1.37 bits per heavy atom. The van der Waals surface area contributed by atoms with Gasteiger partial charge >= 0.3 is 0 Å². The van der Waals surface area contributed by atoms with Gasteiger partial charge < -0.3 is 5.73 Å². The van der Waals surface area contributed by atoms with Gasteiger partial charge in [-0.1, -0.05) is 25.4 Å². The Morgan fingerprint density at radius 2 is 1.95 bits per heavy atom. The molecule has 0 bridgehead atoms. The Labute approximate surface area is 118 Å². The first-order valence-corrected chi connectivity index (χ1v) is 7.85. The maximum absolute atomic E-state index is 13.0. The molecule has 0 radical (unpaired) electrons. The van der Waals surface area contributed by atoms with E-state index in [4.69, 9.17) is 17.3 Å². The van der Waals surface area contributed by atoms with Crippen molar-refractivity contribution in [2.75, 3.05) is 6.54 Å². The second-order valence-corrected chi connectivity index (χ2v) is 6.43. The SMILES string of the molecule is CCC(CC)(CN)NS(=O)(=O)c1ccc(F)cc1Cl. The van der Waals surface area contributed by atoms with Gasteiger partial charge in [-0.05, 0) is 31.0 Å². The number of rotatable bonds is 6. The molecule has 0 fully saturated rings. The lowest BCUT2D eigenvalue weighted by atomic mass is 9.95. The number of sulfonamides is 1. The van der Waals surface area contributed by atoms with Crippen molar-refractivity contribution < 1.29 is 12.8 Å². The number of benzene rings is 1. The monoisotopic (exact) mass is 308 g/mol. The average molecular weight is 309 g/mol. The number of hydrogen-bond acceptors (Lipinski definition) is 3. The first kappa shape index (κ1) is 16.4. The summed E-state index contributed by atoms with van der Waals surface area (Å²) >= 11 is 5.78. The first-order valence-electron chi connectivity index (χ1n) is 5.99. The zero-order chi connectivity index (χ0) is 14.7. The zero-order valence-electron chi connectivity index (χ0n) is 10.9. The summed E-state index contributed by atoms with van der Waals surface area (Å²) < 4.78 is 40.1. The van der Waals surface area contributed by atoms with Gasteiger partial charge in [0.2, 0.25) is 10.0 Å². The van der Waals surface area contributed by atoms with Gasteiger partial charge in [-0.15, -0.1) is 0 Å². The van der Waals surface area contributed by atoms with Crippen LogP contribution in [0.15, 0.2) is 23.1 Å². The van der Waals surface area contributed by atoms with Crippen LogP contribution in [0.3, 0.4) is 0 Å². The number of halogens is 2. The third kappa shape index (κ3) is 3.66. The van der Waals surface area contributed by atoms with Gasteiger partial charge in [-0.3, -0.25) is 0 Å². The van der Waals surface area contributed by atoms with E-state index in [1.165, 1.54) is 0 Å². The van der Waals surface area contributed by atoms with E-state index in [0.29, 0.717) is 12.8 Å². The molecule has 0 aliphatic heterocycles. The molecular weight excluding hydrogens is 291 g/mol. The van der Waals surface area contributed by atoms with Gasteiger partial charge in [-0.2, -0.15) is 0 Å². The molecule has 0 spiro atoms. The van der Waals surface area contributed by atoms with Crippen LogP contribution in [0.1, 0.15) is 26.7 Å². The Bertz CT molecular complexity index is 536. The first-order chi connectivity index (χ1) is 8.80. The average Bonchev–Trinajstić information content (AvgIpc) is 2.35. The Kier molecular flexibility index (Phi) is 5.32. The molecule has 0 unspecified atom stereocenters. The molecule has 1 aromatic rings. The van der Waals surface area contributed by atoms with Crippen molar-refractivity contribution in [3.63, 3.8) is 0 Å². The van der Waals surface area contributed by atoms with E-state index in [-0.39, 0.29) is 16.5 Å². The predicted octanol–water partition coefficient (Wildman–Crippen LogP) is 2.27. The number of nitrogens with one attached hydrogen (secondary N) is 1. The molecule has 7 heteroatoms. The summed E-state index contributed by atoms with van der Waals surface area (Å²) in [7, 11) is -3.83. The van der Waals surface area contributed by atoms with Crippen molar-refractivity contribution >= 4 is 21.6 Å². The van der Waals surface area contributed by atoms with Crippen molar-refractivity contribution in [1.82, 2.24) is 4.72 Å². The molecule has 3 N–H and O–H groups in total. The largest absolute Gasteiger partial charge is 0.329 e. The molecule has 19 heavy (non-hydrogen) atoms. The molecule has 1 rings (SSSR count). The van der Waals surface area contributed by atoms with Crippen molar-refractivity contribution in [3.05, 3.63) is 29.0 Å². The molecule has 0 heterocycles. The van der Waals surface area contributed by atoms with E-state index in [0.717, 1.165) is 18.2 Å². The van der Waals surface area contributed by atoms with Gasteiger partial charge in [-0.25, -0.2) is 17.5 Å². The standard InChI is InChI=1S/C12H18ClFN2O2S/c1-3-12(4-2,8-15)16-19(17,18)11-6-5-9(14)7-10(11)13/h5-7,16H,3-4,8,15H2,1-2H3. The van der Waals surface area contributed by atoms with E-state index in [1.54, 1.807) is 0 Å². The molecule has 0 amide bonds. The van der Waals surface area contributed by atoms with E-state index >= 15 is 0 Å². The quantitative estimate of drug-likeness (QED) is 0.847. The summed E-state index contributed by atoms with van der Waals surface area (Å²) in [5.41, 5.74) is 4.94. The van der Waals surface area contributed by atoms with E-state index in [1.807, 2.05) is 13.8 Å². The van der Waals surface area contributed by atoms with Crippen molar-refractivity contribution in [2.24, 2.45) is 5.73 Å². The fourth-order valence-electron chi connectivity index (χ4n) is 1.76. The lowest BCUT2D eigenvalue weighted by molar-refractivity contribution is 0.363. The van der Waals surface area contributed by atoms with Gasteiger partial charge in [0.05, 0.1) is 5.02 Å². The highest BCUT2D eigenvalue weighted by atomic mass is 35.5. The lowest BCUT2D eigenvalue weighted by Gasteiger charge is -2.31. The van der Waals surface area contributed by atoms with E-state index in [2.05, 4.69) is 4.72 Å². The number of hydrogen-bond donors (Lipinski definition) is 2. The molecule has 0 saturated heterocycles. The maximum Gasteiger partial charge on any atom is 0.242 e. The minimum atomic E-state index is -3.83. The van der Waals surface area contributed by atoms with Crippen LogP contribution in [-0.2, 0) is 10.0 Å². The summed E-state index contributed by atoms with van der Waals surface area (Å²) in [6, 6.07) is 3.17. The van der Waals surface area contributed by atoms with Gasteiger partial charge in [0.1, 0.15) is 10.7 Å². The van der Waals surface area contributed by atoms with E-state index in [9.17, 15) is 12.8 Å². The fraction of sp³-hybridized carbons (Fsp3) is 0.500. The van der Waals surface area contributed by atoms with Crippen LogP contribution in [0, 0.1) is 5.82 Å². The van der Waals surface area contributed by atoms with Crippen LogP contribution in [0.25, 0.3) is 0 Å². The van der Waals surface area contributed by atoms with Gasteiger partial charge in [0.25, 0.3) is 0 Å². The Hall–Kier alpha value is -0.690. The Balaban J connectivity index is 3.17. The smallest absolute Gasteiger partial charge is 0.242 e. The number of nitrogens with two attached hydrogens (primary N) is 1. The van der Waals surface area contributed by atoms with Crippen LogP contribution in [0.4, 0.5) is 4.39 Å². The molecule has 0 aliphatic rings. The van der Waals surface area contributed by atoms with E-state index < -0.39 is 21.4 Å². The highest BCUT2D eigenvalue weighted by Crippen LogP contribution is 2.25. The third-order valence-corrected chi connectivity index (χ3v) is 5.34. The highest BCUT2D eigenvalue weighted by Gasteiger charge is 2.31. The summed E-state index contributed by atoms with van der Waals surface area (Å²) in [5.74, 6) is -0.583. The van der Waals surface area contributed by atoms with Gasteiger partial charge in [0.15, 0.2) is 0 Å². The molecule has 1 aromatic carbocycles. The minimum Gasteiger partial charge on any atom is -0.329 e. The molecule has 0 aliphatic carbocycles. The third-order valence-electron chi connectivity index (χ3n) is 3.28. The maximum atomic E-state index is 13.0. The normalized spacial score (nSPS) is 12.7. The van der Waals surface area contributed by atoms with Crippen LogP contribution in [0.2, 0.25) is 5.02 Å². The fourth-order valence-corrected chi connectivity index (χ4v) is 3.84. The molecule has 108 valence electrons. The van der Waals surface area contributed by atoms with Crippen molar-refractivity contribution in [3.8, 4) is 0 Å². The van der Waals surface area contributed by atoms with Crippen LogP contribution >= 0.6 is 11.6 Å². The second kappa shape index (κ2) is 6.17. The predicted molar refractivity (Wildman–Crippen MR) is 74.1 cm³/mol. The molecule has 0 saturated carbocycles. The molecule has 0 aromatic heterocycles. The van der Waals surface area contributed by atoms with Crippen LogP contribution < -0.4 is 10.5 Å². The summed E-state index contributed by atoms with van der Waals surface area (Å²) in [4.78, 5) is -0.143. The molecule has 0 atom stereocenters. The zero-order valence-corrected chi connectivity index (χ0v) is 12.5. The molecular formula is C12H18ClFN2O2S. The van der Waals surface area contributed by atoms with Crippen molar-refractivity contribution in [2.45, 2.75) is 37.1 Å². The topological polar surface area (TPSA) is 72.2 Å². The molecule has 4 nitrogen and oxygen atoms in total.